The minimum atomic E-state index is -0.806. The number of hydrogen-bond acceptors (Lipinski definition) is 10. The molecule has 14 heteroatoms. The van der Waals surface area contributed by atoms with Gasteiger partial charge >= 0.3 is 0 Å². The van der Waals surface area contributed by atoms with Gasteiger partial charge in [-0.1, -0.05) is 50.1 Å². The van der Waals surface area contributed by atoms with Crippen LogP contribution in [0.4, 0.5) is 0 Å². The lowest BCUT2D eigenvalue weighted by Crippen LogP contribution is -2.46. The highest BCUT2D eigenvalue weighted by Crippen LogP contribution is 2.25. The lowest BCUT2D eigenvalue weighted by atomic mass is 10.0. The minimum absolute atomic E-state index is 0.0579. The Kier molecular flexibility index (Phi) is 14.9. The van der Waals surface area contributed by atoms with Gasteiger partial charge in [-0.15, -0.1) is 0 Å². The summed E-state index contributed by atoms with van der Waals surface area (Å²) in [6, 6.07) is -1.41. The van der Waals surface area contributed by atoms with Crippen LogP contribution in [0.25, 0.3) is 0 Å². The molecule has 0 aromatic heterocycles. The molecule has 182 valence electrons. The maximum Gasteiger partial charge on any atom is 0.242 e. The molecule has 0 radical (unpaired) electrons. The van der Waals surface area contributed by atoms with Crippen LogP contribution in [0.15, 0.2) is 0 Å². The standard InChI is InChI=1S/C18H31N5O5S4/c1-2-14-18(28)21-4-6-30-31-9-11(16(20)26)7-12(24)8-22-17(27)13(19)10-32-29-5-3-15(25)23-14/h11,13-14H,2-10,19H2,1H3,(H2,20,26)(H,21,28)(H,22,27)(H,23,25). The number of hydrogen-bond donors (Lipinski definition) is 5. The molecule has 3 atom stereocenters. The summed E-state index contributed by atoms with van der Waals surface area (Å²) in [6.07, 6.45) is 0.655. The SMILES string of the molecule is CCC1NC(=O)CCSSCC(N)C(=O)NCC(=O)CC(C(N)=O)CSSCCNC1=O. The average molecular weight is 526 g/mol. The molecule has 0 spiro atoms. The molecule has 4 amide bonds. The van der Waals surface area contributed by atoms with Gasteiger partial charge in [-0.3, -0.25) is 24.0 Å². The first-order chi connectivity index (χ1) is 15.2. The van der Waals surface area contributed by atoms with Gasteiger partial charge in [-0.05, 0) is 6.42 Å². The van der Waals surface area contributed by atoms with Crippen molar-refractivity contribution in [2.75, 3.05) is 36.1 Å². The van der Waals surface area contributed by atoms with Gasteiger partial charge in [0.25, 0.3) is 0 Å². The molecule has 1 aliphatic rings. The van der Waals surface area contributed by atoms with Crippen molar-refractivity contribution in [2.45, 2.75) is 38.3 Å². The fraction of sp³-hybridized carbons (Fsp3) is 0.722. The van der Waals surface area contributed by atoms with Crippen molar-refractivity contribution in [3.05, 3.63) is 0 Å². The van der Waals surface area contributed by atoms with Gasteiger partial charge in [0.2, 0.25) is 23.6 Å². The fourth-order valence-electron chi connectivity index (χ4n) is 2.44. The number of nitrogens with one attached hydrogen (secondary N) is 3. The van der Waals surface area contributed by atoms with E-state index in [-0.39, 0.29) is 37.0 Å². The number of primary amides is 1. The van der Waals surface area contributed by atoms with Gasteiger partial charge in [-0.25, -0.2) is 0 Å². The summed E-state index contributed by atoms with van der Waals surface area (Å²) in [5.41, 5.74) is 11.2. The number of amides is 4. The molecule has 1 rings (SSSR count). The third kappa shape index (κ3) is 12.2. The molecule has 1 aliphatic heterocycles. The summed E-state index contributed by atoms with van der Waals surface area (Å²) < 4.78 is 0. The Balaban J connectivity index is 2.68. The molecule has 3 unspecified atom stereocenters. The molecular weight excluding hydrogens is 494 g/mol. The predicted molar refractivity (Wildman–Crippen MR) is 133 cm³/mol. The second-order valence-corrected chi connectivity index (χ2v) is 12.2. The highest BCUT2D eigenvalue weighted by molar-refractivity contribution is 8.77. The van der Waals surface area contributed by atoms with E-state index in [0.717, 1.165) is 0 Å². The zero-order chi connectivity index (χ0) is 23.9. The van der Waals surface area contributed by atoms with Crippen molar-refractivity contribution in [1.29, 1.82) is 0 Å². The van der Waals surface area contributed by atoms with Gasteiger partial charge in [0.1, 0.15) is 6.04 Å². The van der Waals surface area contributed by atoms with Crippen molar-refractivity contribution in [3.8, 4) is 0 Å². The van der Waals surface area contributed by atoms with E-state index in [1.54, 1.807) is 0 Å². The van der Waals surface area contributed by atoms with Crippen LogP contribution in [0, 0.1) is 5.92 Å². The smallest absolute Gasteiger partial charge is 0.242 e. The van der Waals surface area contributed by atoms with Crippen LogP contribution in [0.1, 0.15) is 26.2 Å². The van der Waals surface area contributed by atoms with Crippen molar-refractivity contribution < 1.29 is 24.0 Å². The van der Waals surface area contributed by atoms with Crippen LogP contribution in [0.5, 0.6) is 0 Å². The number of Topliss-reactive ketones (excluding diaryl/α,β-unsaturated/α-hetero) is 1. The van der Waals surface area contributed by atoms with Crippen LogP contribution in [0.2, 0.25) is 0 Å². The molecule has 0 aromatic rings. The highest BCUT2D eigenvalue weighted by atomic mass is 33.1. The van der Waals surface area contributed by atoms with Gasteiger partial charge in [-0.2, -0.15) is 0 Å². The van der Waals surface area contributed by atoms with Crippen molar-refractivity contribution >= 4 is 72.6 Å². The summed E-state index contributed by atoms with van der Waals surface area (Å²) in [5, 5.41) is 8.03. The fourth-order valence-corrected chi connectivity index (χ4v) is 6.79. The summed E-state index contributed by atoms with van der Waals surface area (Å²) in [7, 11) is 5.59. The van der Waals surface area contributed by atoms with Crippen LogP contribution in [-0.4, -0.2) is 77.6 Å². The van der Waals surface area contributed by atoms with Crippen molar-refractivity contribution in [2.24, 2.45) is 17.4 Å². The van der Waals surface area contributed by atoms with E-state index in [9.17, 15) is 24.0 Å². The second-order valence-electron chi connectivity index (χ2n) is 6.95. The predicted octanol–water partition coefficient (Wildman–Crippen LogP) is -0.332. The largest absolute Gasteiger partial charge is 0.369 e. The lowest BCUT2D eigenvalue weighted by Gasteiger charge is -2.17. The Labute approximate surface area is 203 Å². The quantitative estimate of drug-likeness (QED) is 0.300. The molecule has 1 heterocycles. The number of ketones is 1. The zero-order valence-electron chi connectivity index (χ0n) is 17.9. The summed E-state index contributed by atoms with van der Waals surface area (Å²) in [6.45, 7) is 2.01. The first-order valence-corrected chi connectivity index (χ1v) is 15.1. The number of rotatable bonds is 2. The maximum absolute atomic E-state index is 12.3. The molecule has 0 aliphatic carbocycles. The third-order valence-electron chi connectivity index (χ3n) is 4.31. The average Bonchev–Trinajstić information content (AvgIpc) is 2.75. The summed E-state index contributed by atoms with van der Waals surface area (Å²) in [5.74, 6) is -0.697. The normalized spacial score (nSPS) is 26.6. The van der Waals surface area contributed by atoms with Crippen molar-refractivity contribution in [1.82, 2.24) is 16.0 Å². The third-order valence-corrected chi connectivity index (χ3v) is 9.24. The molecule has 7 N–H and O–H groups in total. The van der Waals surface area contributed by atoms with Crippen LogP contribution in [0.3, 0.4) is 0 Å². The minimum Gasteiger partial charge on any atom is -0.369 e. The van der Waals surface area contributed by atoms with Crippen LogP contribution < -0.4 is 27.4 Å². The van der Waals surface area contributed by atoms with Crippen molar-refractivity contribution in [3.63, 3.8) is 0 Å². The van der Waals surface area contributed by atoms with Gasteiger partial charge < -0.3 is 27.4 Å². The summed E-state index contributed by atoms with van der Waals surface area (Å²) in [4.78, 5) is 60.2. The second kappa shape index (κ2) is 16.5. The maximum atomic E-state index is 12.3. The lowest BCUT2D eigenvalue weighted by molar-refractivity contribution is -0.128. The first kappa shape index (κ1) is 28.9. The number of carbonyl (C=O) groups excluding carboxylic acids is 5. The van der Waals surface area contributed by atoms with E-state index in [1.807, 2.05) is 6.92 Å². The molecule has 0 bridgehead atoms. The van der Waals surface area contributed by atoms with Gasteiger partial charge in [0.05, 0.1) is 18.5 Å². The molecule has 10 nitrogen and oxygen atoms in total. The van der Waals surface area contributed by atoms with E-state index >= 15 is 0 Å². The van der Waals surface area contributed by atoms with E-state index in [1.165, 1.54) is 43.2 Å². The van der Waals surface area contributed by atoms with Crippen LogP contribution in [-0.2, 0) is 24.0 Å². The molecule has 0 aromatic carbocycles. The summed E-state index contributed by atoms with van der Waals surface area (Å²) >= 11 is 0. The number of nitrogens with two attached hydrogens (primary N) is 2. The van der Waals surface area contributed by atoms with Crippen LogP contribution >= 0.6 is 43.2 Å². The zero-order valence-corrected chi connectivity index (χ0v) is 21.2. The Hall–Kier alpha value is -1.09. The van der Waals surface area contributed by atoms with E-state index in [0.29, 0.717) is 36.0 Å². The van der Waals surface area contributed by atoms with Gasteiger partial charge in [0, 0.05) is 42.4 Å². The highest BCUT2D eigenvalue weighted by Gasteiger charge is 2.22. The molecule has 1 fully saturated rings. The molecule has 1 saturated heterocycles. The molecular formula is C18H31N5O5S4. The van der Waals surface area contributed by atoms with E-state index in [2.05, 4.69) is 16.0 Å². The Morgan fingerprint density at radius 3 is 2.38 bits per heavy atom. The Morgan fingerprint density at radius 2 is 1.69 bits per heavy atom. The molecule has 32 heavy (non-hydrogen) atoms. The van der Waals surface area contributed by atoms with Gasteiger partial charge in [0.15, 0.2) is 5.78 Å². The molecule has 0 saturated carbocycles. The Morgan fingerprint density at radius 1 is 1.00 bits per heavy atom. The van der Waals surface area contributed by atoms with E-state index in [4.69, 9.17) is 11.5 Å². The Bertz CT molecular complexity index is 670. The van der Waals surface area contributed by atoms with E-state index < -0.39 is 29.8 Å². The topological polar surface area (TPSA) is 173 Å². The number of carbonyl (C=O) groups is 5. The first-order valence-electron chi connectivity index (χ1n) is 10.1. The monoisotopic (exact) mass is 525 g/mol.